The van der Waals surface area contributed by atoms with Gasteiger partial charge in [0.1, 0.15) is 18.2 Å². The van der Waals surface area contributed by atoms with Crippen LogP contribution < -0.4 is 0 Å². The van der Waals surface area contributed by atoms with E-state index in [4.69, 9.17) is 24.5 Å². The molecule has 1 aliphatic rings. The van der Waals surface area contributed by atoms with Crippen LogP contribution in [-0.2, 0) is 33.1 Å². The van der Waals surface area contributed by atoms with Gasteiger partial charge in [-0.3, -0.25) is 19.0 Å². The standard InChI is InChI=1S/C27H41N5O3Si/c1-18-25-23(14-20(28-18)16-34-5)29-26(31(25)17-35-11-12-36(6,7)8)24-15-22(19-9-10-21(33)13-19)30-32(24)27(2,3)4/h14-15,19H,9-13,16-17H2,1-8H3. The van der Waals surface area contributed by atoms with Crippen LogP contribution >= 0.6 is 0 Å². The molecule has 0 aliphatic heterocycles. The predicted octanol–water partition coefficient (Wildman–Crippen LogP) is 5.65. The number of hydrogen-bond donors (Lipinski definition) is 0. The Kier molecular flexibility index (Phi) is 7.55. The van der Waals surface area contributed by atoms with E-state index in [9.17, 15) is 4.79 Å². The molecule has 196 valence electrons. The Balaban J connectivity index is 1.83. The first-order valence-corrected chi connectivity index (χ1v) is 16.6. The number of imidazole rings is 1. The molecule has 1 aliphatic carbocycles. The third-order valence-corrected chi connectivity index (χ3v) is 8.42. The largest absolute Gasteiger partial charge is 0.378 e. The minimum atomic E-state index is -1.21. The Bertz CT molecular complexity index is 1250. The first-order valence-electron chi connectivity index (χ1n) is 12.9. The molecule has 0 spiro atoms. The molecule has 0 aromatic carbocycles. The number of rotatable bonds is 9. The molecule has 0 N–H and O–H groups in total. The van der Waals surface area contributed by atoms with Crippen molar-refractivity contribution in [3.05, 3.63) is 29.2 Å². The zero-order valence-corrected chi connectivity index (χ0v) is 24.1. The lowest BCUT2D eigenvalue weighted by atomic mass is 10.0. The number of ketones is 1. The lowest BCUT2D eigenvalue weighted by molar-refractivity contribution is -0.117. The third-order valence-electron chi connectivity index (χ3n) is 6.72. The molecule has 1 saturated carbocycles. The number of hydrogen-bond acceptors (Lipinski definition) is 6. The molecule has 0 bridgehead atoms. The van der Waals surface area contributed by atoms with Gasteiger partial charge in [0.05, 0.1) is 40.3 Å². The molecule has 3 aromatic heterocycles. The Labute approximate surface area is 215 Å². The molecule has 1 fully saturated rings. The number of carbonyl (C=O) groups is 1. The molecule has 3 aromatic rings. The summed E-state index contributed by atoms with van der Waals surface area (Å²) in [5, 5.41) is 5.02. The lowest BCUT2D eigenvalue weighted by Gasteiger charge is -2.23. The van der Waals surface area contributed by atoms with Crippen LogP contribution in [0.1, 0.15) is 63.0 Å². The number of ether oxygens (including phenoxy) is 2. The zero-order valence-electron chi connectivity index (χ0n) is 23.1. The lowest BCUT2D eigenvalue weighted by Crippen LogP contribution is -2.25. The van der Waals surface area contributed by atoms with Crippen LogP contribution in [0, 0.1) is 6.92 Å². The second kappa shape index (κ2) is 10.2. The summed E-state index contributed by atoms with van der Waals surface area (Å²) in [6, 6.07) is 5.24. The zero-order chi connectivity index (χ0) is 26.3. The third kappa shape index (κ3) is 5.79. The van der Waals surface area contributed by atoms with E-state index in [-0.39, 0.29) is 11.5 Å². The van der Waals surface area contributed by atoms with E-state index in [1.807, 2.05) is 13.0 Å². The number of fused-ring (bicyclic) bond motifs is 1. The topological polar surface area (TPSA) is 84.1 Å². The normalized spacial score (nSPS) is 17.0. The SMILES string of the molecule is COCc1cc2nc(-c3cc(C4CCC(=O)C4)nn3C(C)(C)C)n(COCC[Si](C)(C)C)c2c(C)n1. The van der Waals surface area contributed by atoms with Gasteiger partial charge in [-0.2, -0.15) is 5.10 Å². The highest BCUT2D eigenvalue weighted by Gasteiger charge is 2.31. The molecular weight excluding hydrogens is 470 g/mol. The molecule has 8 nitrogen and oxygen atoms in total. The summed E-state index contributed by atoms with van der Waals surface area (Å²) < 4.78 is 15.8. The van der Waals surface area contributed by atoms with E-state index in [1.165, 1.54) is 0 Å². The maximum Gasteiger partial charge on any atom is 0.161 e. The van der Waals surface area contributed by atoms with Crippen LogP contribution in [0.3, 0.4) is 0 Å². The number of aromatic nitrogens is 5. The summed E-state index contributed by atoms with van der Waals surface area (Å²) in [5.74, 6) is 1.31. The highest BCUT2D eigenvalue weighted by Crippen LogP contribution is 2.36. The van der Waals surface area contributed by atoms with Crippen LogP contribution in [0.2, 0.25) is 25.7 Å². The number of Topliss-reactive ketones (excluding diaryl/α,β-unsaturated/α-hetero) is 1. The smallest absolute Gasteiger partial charge is 0.161 e. The van der Waals surface area contributed by atoms with E-state index in [0.717, 1.165) is 58.7 Å². The number of carbonyl (C=O) groups excluding carboxylic acids is 1. The molecule has 3 heterocycles. The van der Waals surface area contributed by atoms with Crippen molar-refractivity contribution < 1.29 is 14.3 Å². The first-order chi connectivity index (χ1) is 16.9. The van der Waals surface area contributed by atoms with Crippen LogP contribution in [0.5, 0.6) is 0 Å². The van der Waals surface area contributed by atoms with Gasteiger partial charge in [-0.05, 0) is 52.3 Å². The average Bonchev–Trinajstić information content (AvgIpc) is 3.46. The summed E-state index contributed by atoms with van der Waals surface area (Å²) in [6.45, 7) is 17.1. The molecule has 1 atom stereocenters. The summed E-state index contributed by atoms with van der Waals surface area (Å²) in [6.07, 6.45) is 2.07. The van der Waals surface area contributed by atoms with Crippen molar-refractivity contribution in [1.82, 2.24) is 24.3 Å². The Morgan fingerprint density at radius 3 is 2.53 bits per heavy atom. The quantitative estimate of drug-likeness (QED) is 0.272. The average molecular weight is 512 g/mol. The van der Waals surface area contributed by atoms with Gasteiger partial charge in [-0.1, -0.05) is 19.6 Å². The highest BCUT2D eigenvalue weighted by molar-refractivity contribution is 6.76. The van der Waals surface area contributed by atoms with Crippen LogP contribution in [0.4, 0.5) is 0 Å². The second-order valence-electron chi connectivity index (χ2n) is 12.2. The Morgan fingerprint density at radius 1 is 1.17 bits per heavy atom. The van der Waals surface area contributed by atoms with Crippen molar-refractivity contribution in [3.8, 4) is 11.5 Å². The minimum absolute atomic E-state index is 0.169. The minimum Gasteiger partial charge on any atom is -0.378 e. The number of aryl methyl sites for hydroxylation is 1. The fourth-order valence-corrected chi connectivity index (χ4v) is 5.58. The summed E-state index contributed by atoms with van der Waals surface area (Å²) in [7, 11) is 0.468. The van der Waals surface area contributed by atoms with Crippen molar-refractivity contribution in [2.24, 2.45) is 0 Å². The van der Waals surface area contributed by atoms with Gasteiger partial charge in [0.25, 0.3) is 0 Å². The van der Waals surface area contributed by atoms with Gasteiger partial charge in [0.15, 0.2) is 5.82 Å². The first kappa shape index (κ1) is 26.7. The highest BCUT2D eigenvalue weighted by atomic mass is 28.3. The molecule has 4 rings (SSSR count). The van der Waals surface area contributed by atoms with Crippen molar-refractivity contribution in [2.45, 2.75) is 97.4 Å². The van der Waals surface area contributed by atoms with Crippen molar-refractivity contribution in [1.29, 1.82) is 0 Å². The van der Waals surface area contributed by atoms with Gasteiger partial charge >= 0.3 is 0 Å². The molecule has 0 saturated heterocycles. The van der Waals surface area contributed by atoms with Crippen molar-refractivity contribution >= 4 is 24.9 Å². The maximum absolute atomic E-state index is 12.0. The van der Waals surface area contributed by atoms with E-state index >= 15 is 0 Å². The van der Waals surface area contributed by atoms with Crippen LogP contribution in [0.15, 0.2) is 12.1 Å². The Morgan fingerprint density at radius 2 is 1.92 bits per heavy atom. The van der Waals surface area contributed by atoms with Crippen molar-refractivity contribution in [2.75, 3.05) is 13.7 Å². The van der Waals surface area contributed by atoms with Crippen molar-refractivity contribution in [3.63, 3.8) is 0 Å². The molecule has 0 radical (unpaired) electrons. The van der Waals surface area contributed by atoms with E-state index in [1.54, 1.807) is 7.11 Å². The van der Waals surface area contributed by atoms with Crippen LogP contribution in [0.25, 0.3) is 22.6 Å². The summed E-state index contributed by atoms with van der Waals surface area (Å²) >= 11 is 0. The van der Waals surface area contributed by atoms with E-state index < -0.39 is 8.07 Å². The van der Waals surface area contributed by atoms with Gasteiger partial charge in [0.2, 0.25) is 0 Å². The fraction of sp³-hybridized carbons (Fsp3) is 0.630. The molecule has 36 heavy (non-hydrogen) atoms. The number of methoxy groups -OCH3 is 1. The molecular formula is C27H41N5O3Si. The van der Waals surface area contributed by atoms with E-state index in [2.05, 4.69) is 55.7 Å². The van der Waals surface area contributed by atoms with Gasteiger partial charge < -0.3 is 9.47 Å². The fourth-order valence-electron chi connectivity index (χ4n) is 4.82. The predicted molar refractivity (Wildman–Crippen MR) is 145 cm³/mol. The van der Waals surface area contributed by atoms with Gasteiger partial charge in [-0.15, -0.1) is 0 Å². The number of pyridine rings is 1. The molecule has 1 unspecified atom stereocenters. The molecule has 0 amide bonds. The monoisotopic (exact) mass is 511 g/mol. The van der Waals surface area contributed by atoms with Crippen LogP contribution in [-0.4, -0.2) is 51.9 Å². The van der Waals surface area contributed by atoms with Gasteiger partial charge in [-0.25, -0.2) is 4.98 Å². The maximum atomic E-state index is 12.0. The van der Waals surface area contributed by atoms with Gasteiger partial charge in [0, 0.05) is 40.6 Å². The Hall–Kier alpha value is -2.36. The molecule has 9 heteroatoms. The summed E-state index contributed by atoms with van der Waals surface area (Å²) in [4.78, 5) is 21.9. The number of nitrogens with zero attached hydrogens (tertiary/aromatic N) is 5. The van der Waals surface area contributed by atoms with E-state index in [0.29, 0.717) is 32.0 Å². The summed E-state index contributed by atoms with van der Waals surface area (Å²) in [5.41, 5.74) is 5.25. The second-order valence-corrected chi connectivity index (χ2v) is 17.8.